The quantitative estimate of drug-likeness (QED) is 0.581. The van der Waals surface area contributed by atoms with Gasteiger partial charge in [-0.15, -0.1) is 0 Å². The van der Waals surface area contributed by atoms with Gasteiger partial charge < -0.3 is 15.3 Å². The zero-order valence-corrected chi connectivity index (χ0v) is 20.1. The fourth-order valence-corrected chi connectivity index (χ4v) is 4.11. The molecule has 4 rings (SSSR count). The molecule has 0 atom stereocenters. The van der Waals surface area contributed by atoms with Gasteiger partial charge in [0.1, 0.15) is 23.0 Å². The number of aliphatic hydroxyl groups is 1. The molecule has 0 amide bonds. The summed E-state index contributed by atoms with van der Waals surface area (Å²) in [5.41, 5.74) is 4.34. The summed E-state index contributed by atoms with van der Waals surface area (Å²) in [6, 6.07) is 4.01. The van der Waals surface area contributed by atoms with Crippen LogP contribution in [-0.4, -0.2) is 54.9 Å². The van der Waals surface area contributed by atoms with Crippen LogP contribution in [0.1, 0.15) is 57.6 Å². The fourth-order valence-electron chi connectivity index (χ4n) is 4.11. The number of hydrogen-bond acceptors (Lipinski definition) is 7. The molecule has 32 heavy (non-hydrogen) atoms. The van der Waals surface area contributed by atoms with Gasteiger partial charge in [-0.05, 0) is 52.9 Å². The lowest BCUT2D eigenvalue weighted by Crippen LogP contribution is -2.30. The maximum Gasteiger partial charge on any atom is 0.160 e. The molecule has 8 nitrogen and oxygen atoms in total. The summed E-state index contributed by atoms with van der Waals surface area (Å²) >= 11 is 0. The van der Waals surface area contributed by atoms with Crippen LogP contribution in [0.2, 0.25) is 0 Å². The van der Waals surface area contributed by atoms with Gasteiger partial charge in [0.2, 0.25) is 0 Å². The Kier molecular flexibility index (Phi) is 6.07. The van der Waals surface area contributed by atoms with E-state index in [0.717, 1.165) is 65.3 Å². The van der Waals surface area contributed by atoms with Crippen molar-refractivity contribution in [2.45, 2.75) is 66.4 Å². The first kappa shape index (κ1) is 22.5. The minimum atomic E-state index is -0.843. The summed E-state index contributed by atoms with van der Waals surface area (Å²) in [7, 11) is 0. The molecule has 0 unspecified atom stereocenters. The Labute approximate surface area is 190 Å². The molecule has 1 fully saturated rings. The standard InChI is InChI=1S/C24H35N7O/c1-15(2)11-18-16(3)26-17(4)23(27-18)19-12-22-28-21(30-9-7-8-10-30)13-20(31(22)29-19)25-14-24(5,6)32/h12-13,15,25,32H,7-11,14H2,1-6H3. The Hall–Kier alpha value is -2.74. The number of fused-ring (bicyclic) bond motifs is 1. The van der Waals surface area contributed by atoms with Gasteiger partial charge in [0.15, 0.2) is 5.65 Å². The monoisotopic (exact) mass is 437 g/mol. The van der Waals surface area contributed by atoms with Crippen LogP contribution in [0.25, 0.3) is 17.0 Å². The van der Waals surface area contributed by atoms with Gasteiger partial charge in [0, 0.05) is 31.8 Å². The molecule has 0 aromatic carbocycles. The predicted molar refractivity (Wildman–Crippen MR) is 128 cm³/mol. The molecule has 3 aromatic rings. The first-order valence-corrected chi connectivity index (χ1v) is 11.6. The smallest absolute Gasteiger partial charge is 0.160 e. The zero-order chi connectivity index (χ0) is 23.0. The summed E-state index contributed by atoms with van der Waals surface area (Å²) in [5, 5.41) is 18.5. The van der Waals surface area contributed by atoms with E-state index in [1.807, 2.05) is 30.5 Å². The van der Waals surface area contributed by atoms with Crippen molar-refractivity contribution >= 4 is 17.3 Å². The van der Waals surface area contributed by atoms with E-state index in [9.17, 15) is 5.11 Å². The lowest BCUT2D eigenvalue weighted by atomic mass is 10.1. The lowest BCUT2D eigenvalue weighted by Gasteiger charge is -2.21. The average Bonchev–Trinajstić information content (AvgIpc) is 3.36. The van der Waals surface area contributed by atoms with Gasteiger partial charge in [-0.2, -0.15) is 9.61 Å². The Morgan fingerprint density at radius 3 is 2.44 bits per heavy atom. The van der Waals surface area contributed by atoms with Crippen LogP contribution in [0.15, 0.2) is 12.1 Å². The predicted octanol–water partition coefficient (Wildman–Crippen LogP) is 3.78. The van der Waals surface area contributed by atoms with E-state index in [0.29, 0.717) is 12.5 Å². The van der Waals surface area contributed by atoms with E-state index in [1.165, 1.54) is 12.8 Å². The molecular formula is C24H35N7O. The highest BCUT2D eigenvalue weighted by Crippen LogP contribution is 2.27. The Balaban J connectivity index is 1.80. The Bertz CT molecular complexity index is 1110. The van der Waals surface area contributed by atoms with Gasteiger partial charge in [-0.1, -0.05) is 13.8 Å². The number of aryl methyl sites for hydroxylation is 2. The Morgan fingerprint density at radius 1 is 1.06 bits per heavy atom. The highest BCUT2D eigenvalue weighted by Gasteiger charge is 2.21. The van der Waals surface area contributed by atoms with Gasteiger partial charge in [0.05, 0.1) is 22.7 Å². The van der Waals surface area contributed by atoms with Crippen molar-refractivity contribution in [2.24, 2.45) is 5.92 Å². The van der Waals surface area contributed by atoms with Crippen molar-refractivity contribution in [3.05, 3.63) is 29.2 Å². The van der Waals surface area contributed by atoms with Crippen LogP contribution < -0.4 is 10.2 Å². The molecule has 3 aromatic heterocycles. The topological polar surface area (TPSA) is 91.5 Å². The van der Waals surface area contributed by atoms with Crippen molar-refractivity contribution in [3.63, 3.8) is 0 Å². The molecule has 0 bridgehead atoms. The molecule has 172 valence electrons. The van der Waals surface area contributed by atoms with E-state index < -0.39 is 5.60 Å². The van der Waals surface area contributed by atoms with Crippen molar-refractivity contribution < 1.29 is 5.11 Å². The molecule has 1 aliphatic heterocycles. The first-order valence-electron chi connectivity index (χ1n) is 11.6. The number of hydrogen-bond donors (Lipinski definition) is 2. The van der Waals surface area contributed by atoms with Crippen LogP contribution in [0, 0.1) is 19.8 Å². The van der Waals surface area contributed by atoms with Crippen molar-refractivity contribution in [2.75, 3.05) is 29.9 Å². The van der Waals surface area contributed by atoms with Crippen LogP contribution in [0.3, 0.4) is 0 Å². The SMILES string of the molecule is Cc1nc(C)c(-c2cc3nc(N4CCCC4)cc(NCC(C)(C)O)n3n2)nc1CC(C)C. The minimum Gasteiger partial charge on any atom is -0.389 e. The molecule has 0 saturated carbocycles. The zero-order valence-electron chi connectivity index (χ0n) is 20.1. The number of nitrogens with zero attached hydrogens (tertiary/aromatic N) is 6. The molecular weight excluding hydrogens is 402 g/mol. The summed E-state index contributed by atoms with van der Waals surface area (Å²) in [5.74, 6) is 2.25. The second-order valence-corrected chi connectivity index (χ2v) is 9.95. The van der Waals surface area contributed by atoms with E-state index in [4.69, 9.17) is 20.1 Å². The largest absolute Gasteiger partial charge is 0.389 e. The average molecular weight is 438 g/mol. The van der Waals surface area contributed by atoms with Crippen LogP contribution in [0.4, 0.5) is 11.6 Å². The van der Waals surface area contributed by atoms with Crippen molar-refractivity contribution in [1.29, 1.82) is 0 Å². The Morgan fingerprint density at radius 2 is 1.78 bits per heavy atom. The van der Waals surface area contributed by atoms with Crippen molar-refractivity contribution in [1.82, 2.24) is 24.6 Å². The van der Waals surface area contributed by atoms with Crippen molar-refractivity contribution in [3.8, 4) is 11.4 Å². The van der Waals surface area contributed by atoms with Crippen LogP contribution in [0.5, 0.6) is 0 Å². The summed E-state index contributed by atoms with van der Waals surface area (Å²) in [6.07, 6.45) is 3.25. The number of aromatic nitrogens is 5. The van der Waals surface area contributed by atoms with Gasteiger partial charge in [0.25, 0.3) is 0 Å². The number of rotatable bonds is 7. The highest BCUT2D eigenvalue weighted by atomic mass is 16.3. The second-order valence-electron chi connectivity index (χ2n) is 9.95. The number of nitrogens with one attached hydrogen (secondary N) is 1. The maximum atomic E-state index is 10.2. The molecule has 4 heterocycles. The first-order chi connectivity index (χ1) is 15.1. The highest BCUT2D eigenvalue weighted by molar-refractivity contribution is 5.67. The summed E-state index contributed by atoms with van der Waals surface area (Å²) in [6.45, 7) is 14.4. The molecule has 0 radical (unpaired) electrons. The second kappa shape index (κ2) is 8.65. The van der Waals surface area contributed by atoms with Gasteiger partial charge in [-0.25, -0.2) is 9.97 Å². The van der Waals surface area contributed by atoms with Gasteiger partial charge in [-0.3, -0.25) is 4.98 Å². The molecule has 1 aliphatic rings. The van der Waals surface area contributed by atoms with E-state index in [2.05, 4.69) is 24.1 Å². The lowest BCUT2D eigenvalue weighted by molar-refractivity contribution is 0.0944. The molecule has 0 spiro atoms. The molecule has 2 N–H and O–H groups in total. The number of anilines is 2. The normalized spacial score (nSPS) is 14.7. The molecule has 8 heteroatoms. The minimum absolute atomic E-state index is 0.405. The third kappa shape index (κ3) is 4.85. The maximum absolute atomic E-state index is 10.2. The van der Waals surface area contributed by atoms with Crippen LogP contribution >= 0.6 is 0 Å². The fraction of sp³-hybridized carbons (Fsp3) is 0.583. The summed E-state index contributed by atoms with van der Waals surface area (Å²) < 4.78 is 1.81. The van der Waals surface area contributed by atoms with E-state index in [-0.39, 0.29) is 0 Å². The third-order valence-electron chi connectivity index (χ3n) is 5.73. The summed E-state index contributed by atoms with van der Waals surface area (Å²) in [4.78, 5) is 16.9. The molecule has 0 aliphatic carbocycles. The van der Waals surface area contributed by atoms with Gasteiger partial charge >= 0.3 is 0 Å². The third-order valence-corrected chi connectivity index (χ3v) is 5.73. The molecule has 1 saturated heterocycles. The van der Waals surface area contributed by atoms with Crippen LogP contribution in [-0.2, 0) is 6.42 Å². The van der Waals surface area contributed by atoms with E-state index in [1.54, 1.807) is 13.8 Å². The van der Waals surface area contributed by atoms with E-state index >= 15 is 0 Å².